The molecule has 1 rings (SSSR count). The van der Waals surface area contributed by atoms with E-state index >= 15 is 0 Å². The van der Waals surface area contributed by atoms with Crippen molar-refractivity contribution < 1.29 is 9.90 Å². The third-order valence-electron chi connectivity index (χ3n) is 2.22. The molecule has 0 fully saturated rings. The Morgan fingerprint density at radius 2 is 2.27 bits per heavy atom. The Morgan fingerprint density at radius 1 is 1.60 bits per heavy atom. The lowest BCUT2D eigenvalue weighted by molar-refractivity contribution is 0.0940. The molecule has 0 aliphatic carbocycles. The van der Waals surface area contributed by atoms with Crippen LogP contribution in [0.1, 0.15) is 35.1 Å². The van der Waals surface area contributed by atoms with E-state index in [1.54, 1.807) is 6.92 Å². The predicted octanol–water partition coefficient (Wildman–Crippen LogP) is 1.13. The zero-order valence-corrected chi connectivity index (χ0v) is 9.42. The number of aryl methyl sites for hydroxylation is 2. The maximum Gasteiger partial charge on any atom is 0.267 e. The molecule has 1 aromatic rings. The number of aliphatic hydroxyl groups excluding tert-OH is 1. The van der Waals surface area contributed by atoms with Gasteiger partial charge in [0.15, 0.2) is 0 Å². The Hall–Kier alpha value is -1.29. The number of aromatic amines is 1. The molecule has 0 aromatic carbocycles. The van der Waals surface area contributed by atoms with Crippen molar-refractivity contribution >= 4 is 5.91 Å². The lowest BCUT2D eigenvalue weighted by Gasteiger charge is -2.06. The fourth-order valence-electron chi connectivity index (χ4n) is 1.45. The zero-order valence-electron chi connectivity index (χ0n) is 9.42. The molecule has 1 heterocycles. The molecule has 3 N–H and O–H groups in total. The first-order valence-corrected chi connectivity index (χ1v) is 5.13. The Morgan fingerprint density at radius 3 is 2.73 bits per heavy atom. The van der Waals surface area contributed by atoms with Crippen LogP contribution in [0.3, 0.4) is 0 Å². The molecule has 0 saturated carbocycles. The molecule has 84 valence electrons. The molecule has 0 aliphatic heterocycles. The lowest BCUT2D eigenvalue weighted by Crippen LogP contribution is -2.27. The third-order valence-corrected chi connectivity index (χ3v) is 2.22. The predicted molar refractivity (Wildman–Crippen MR) is 58.9 cm³/mol. The van der Waals surface area contributed by atoms with Crippen molar-refractivity contribution in [2.75, 3.05) is 6.54 Å². The van der Waals surface area contributed by atoms with Crippen molar-refractivity contribution in [3.63, 3.8) is 0 Å². The van der Waals surface area contributed by atoms with Gasteiger partial charge in [0.05, 0.1) is 6.10 Å². The van der Waals surface area contributed by atoms with Crippen LogP contribution in [0.4, 0.5) is 0 Å². The summed E-state index contributed by atoms with van der Waals surface area (Å²) in [6.45, 7) is 6.01. The Balaban J connectivity index is 2.50. The summed E-state index contributed by atoms with van der Waals surface area (Å²) in [5, 5.41) is 11.8. The molecule has 0 bridgehead atoms. The quantitative estimate of drug-likeness (QED) is 0.697. The number of carbonyl (C=O) groups is 1. The largest absolute Gasteiger partial charge is 0.393 e. The van der Waals surface area contributed by atoms with Crippen LogP contribution in [0.25, 0.3) is 0 Å². The maximum atomic E-state index is 11.6. The summed E-state index contributed by atoms with van der Waals surface area (Å²) in [7, 11) is 0. The average Bonchev–Trinajstić information content (AvgIpc) is 2.44. The minimum Gasteiger partial charge on any atom is -0.393 e. The van der Waals surface area contributed by atoms with Gasteiger partial charge in [-0.1, -0.05) is 0 Å². The van der Waals surface area contributed by atoms with Crippen LogP contribution < -0.4 is 5.32 Å². The molecular formula is C11H18N2O2. The average molecular weight is 210 g/mol. The standard InChI is InChI=1S/C11H18N2O2/c1-7-6-8(2)13-10(7)11(15)12-5-4-9(3)14/h6,9,13-14H,4-5H2,1-3H3,(H,12,15). The van der Waals surface area contributed by atoms with Gasteiger partial charge >= 0.3 is 0 Å². The van der Waals surface area contributed by atoms with Gasteiger partial charge in [-0.2, -0.15) is 0 Å². The number of nitrogens with one attached hydrogen (secondary N) is 2. The maximum absolute atomic E-state index is 11.6. The summed E-state index contributed by atoms with van der Waals surface area (Å²) in [6, 6.07) is 1.93. The first kappa shape index (κ1) is 11.8. The van der Waals surface area contributed by atoms with E-state index in [1.165, 1.54) is 0 Å². The smallest absolute Gasteiger partial charge is 0.267 e. The Kier molecular flexibility index (Phi) is 3.91. The Labute approximate surface area is 89.7 Å². The van der Waals surface area contributed by atoms with Gasteiger partial charge in [0.25, 0.3) is 5.91 Å². The molecule has 0 saturated heterocycles. The molecule has 1 atom stereocenters. The van der Waals surface area contributed by atoms with Crippen molar-refractivity contribution in [3.05, 3.63) is 23.0 Å². The summed E-state index contributed by atoms with van der Waals surface area (Å²) >= 11 is 0. The van der Waals surface area contributed by atoms with Crippen LogP contribution in [0.2, 0.25) is 0 Å². The zero-order chi connectivity index (χ0) is 11.4. The second kappa shape index (κ2) is 4.98. The summed E-state index contributed by atoms with van der Waals surface area (Å²) < 4.78 is 0. The van der Waals surface area contributed by atoms with E-state index < -0.39 is 0 Å². The highest BCUT2D eigenvalue weighted by molar-refractivity contribution is 5.93. The van der Waals surface area contributed by atoms with Gasteiger partial charge in [-0.05, 0) is 38.8 Å². The molecule has 0 aliphatic rings. The van der Waals surface area contributed by atoms with Crippen molar-refractivity contribution in [2.24, 2.45) is 0 Å². The molecule has 15 heavy (non-hydrogen) atoms. The number of hydrogen-bond donors (Lipinski definition) is 3. The number of aromatic nitrogens is 1. The highest BCUT2D eigenvalue weighted by atomic mass is 16.3. The molecule has 1 amide bonds. The number of H-pyrrole nitrogens is 1. The van der Waals surface area contributed by atoms with Crippen LogP contribution in [0.15, 0.2) is 6.07 Å². The van der Waals surface area contributed by atoms with Crippen LogP contribution in [0, 0.1) is 13.8 Å². The number of carbonyl (C=O) groups excluding carboxylic acids is 1. The van der Waals surface area contributed by atoms with Gasteiger partial charge < -0.3 is 15.4 Å². The van der Waals surface area contributed by atoms with E-state index in [0.29, 0.717) is 18.7 Å². The van der Waals surface area contributed by atoms with E-state index in [-0.39, 0.29) is 12.0 Å². The monoisotopic (exact) mass is 210 g/mol. The summed E-state index contributed by atoms with van der Waals surface area (Å²) in [5.41, 5.74) is 2.54. The summed E-state index contributed by atoms with van der Waals surface area (Å²) in [5.74, 6) is -0.110. The summed E-state index contributed by atoms with van der Waals surface area (Å²) in [6.07, 6.45) is 0.196. The van der Waals surface area contributed by atoms with Gasteiger partial charge in [-0.15, -0.1) is 0 Å². The second-order valence-electron chi connectivity index (χ2n) is 3.90. The third kappa shape index (κ3) is 3.40. The number of rotatable bonds is 4. The minimum absolute atomic E-state index is 0.110. The van der Waals surface area contributed by atoms with Crippen molar-refractivity contribution in [2.45, 2.75) is 33.3 Å². The molecule has 1 unspecified atom stereocenters. The van der Waals surface area contributed by atoms with Crippen molar-refractivity contribution in [1.82, 2.24) is 10.3 Å². The second-order valence-corrected chi connectivity index (χ2v) is 3.90. The molecule has 0 radical (unpaired) electrons. The van der Waals surface area contributed by atoms with E-state index in [9.17, 15) is 4.79 Å². The highest BCUT2D eigenvalue weighted by Gasteiger charge is 2.10. The molecule has 1 aromatic heterocycles. The van der Waals surface area contributed by atoms with Gasteiger partial charge in [-0.25, -0.2) is 0 Å². The van der Waals surface area contributed by atoms with Gasteiger partial charge in [0.1, 0.15) is 5.69 Å². The fraction of sp³-hybridized carbons (Fsp3) is 0.545. The summed E-state index contributed by atoms with van der Waals surface area (Å²) in [4.78, 5) is 14.6. The van der Waals surface area contributed by atoms with Crippen molar-refractivity contribution in [1.29, 1.82) is 0 Å². The minimum atomic E-state index is -0.378. The number of hydrogen-bond acceptors (Lipinski definition) is 2. The molecule has 0 spiro atoms. The van der Waals surface area contributed by atoms with E-state index in [0.717, 1.165) is 11.3 Å². The van der Waals surface area contributed by atoms with Crippen LogP contribution >= 0.6 is 0 Å². The Bertz CT molecular complexity index is 342. The van der Waals surface area contributed by atoms with Gasteiger partial charge in [0.2, 0.25) is 0 Å². The molecule has 4 heteroatoms. The van der Waals surface area contributed by atoms with Crippen LogP contribution in [0.5, 0.6) is 0 Å². The SMILES string of the molecule is Cc1cc(C)c(C(=O)NCCC(C)O)[nH]1. The normalized spacial score (nSPS) is 12.5. The van der Waals surface area contributed by atoms with Crippen molar-refractivity contribution in [3.8, 4) is 0 Å². The van der Waals surface area contributed by atoms with E-state index in [4.69, 9.17) is 5.11 Å². The fourth-order valence-corrected chi connectivity index (χ4v) is 1.45. The lowest BCUT2D eigenvalue weighted by atomic mass is 10.2. The highest BCUT2D eigenvalue weighted by Crippen LogP contribution is 2.08. The number of aliphatic hydroxyl groups is 1. The molecular weight excluding hydrogens is 192 g/mol. The topological polar surface area (TPSA) is 65.1 Å². The van der Waals surface area contributed by atoms with Gasteiger partial charge in [-0.3, -0.25) is 4.79 Å². The first-order chi connectivity index (χ1) is 7.00. The van der Waals surface area contributed by atoms with E-state index in [2.05, 4.69) is 10.3 Å². The van der Waals surface area contributed by atoms with Crippen LogP contribution in [-0.4, -0.2) is 28.6 Å². The van der Waals surface area contributed by atoms with E-state index in [1.807, 2.05) is 19.9 Å². The van der Waals surface area contributed by atoms with Crippen LogP contribution in [-0.2, 0) is 0 Å². The first-order valence-electron chi connectivity index (χ1n) is 5.13. The molecule has 4 nitrogen and oxygen atoms in total. The van der Waals surface area contributed by atoms with Gasteiger partial charge in [0, 0.05) is 12.2 Å². The number of amides is 1.